The third-order valence-corrected chi connectivity index (χ3v) is 4.02. The van der Waals surface area contributed by atoms with Gasteiger partial charge in [-0.25, -0.2) is 0 Å². The van der Waals surface area contributed by atoms with Crippen LogP contribution in [0, 0.1) is 13.8 Å². The number of hydrogen-bond donors (Lipinski definition) is 1. The van der Waals surface area contributed by atoms with Crippen LogP contribution in [0.3, 0.4) is 0 Å². The van der Waals surface area contributed by atoms with E-state index in [1.165, 1.54) is 29.5 Å². The Balaban J connectivity index is 2.13. The van der Waals surface area contributed by atoms with Gasteiger partial charge in [-0.3, -0.25) is 0 Å². The van der Waals surface area contributed by atoms with Crippen LogP contribution in [-0.2, 0) is 6.42 Å². The summed E-state index contributed by atoms with van der Waals surface area (Å²) in [5.41, 5.74) is 9.82. The highest BCUT2D eigenvalue weighted by atomic mass is 16.5. The van der Waals surface area contributed by atoms with E-state index >= 15 is 0 Å². The molecule has 0 saturated heterocycles. The SMILES string of the molecule is CCC(N)Cc1cc(C)c(OC2C=CCCC2)c(C)c1. The molecule has 0 aliphatic heterocycles. The van der Waals surface area contributed by atoms with E-state index in [0.717, 1.165) is 25.0 Å². The van der Waals surface area contributed by atoms with Crippen LogP contribution in [0.5, 0.6) is 5.75 Å². The highest BCUT2D eigenvalue weighted by Crippen LogP contribution is 2.28. The van der Waals surface area contributed by atoms with Crippen molar-refractivity contribution in [1.29, 1.82) is 0 Å². The molecule has 0 radical (unpaired) electrons. The monoisotopic (exact) mass is 273 g/mol. The van der Waals surface area contributed by atoms with Gasteiger partial charge in [-0.15, -0.1) is 0 Å². The molecule has 1 aromatic carbocycles. The normalized spacial score (nSPS) is 19.9. The van der Waals surface area contributed by atoms with Crippen molar-refractivity contribution in [2.45, 2.75) is 65.0 Å². The molecule has 0 heterocycles. The summed E-state index contributed by atoms with van der Waals surface area (Å²) < 4.78 is 6.19. The first-order valence-electron chi connectivity index (χ1n) is 7.79. The maximum absolute atomic E-state index is 6.19. The highest BCUT2D eigenvalue weighted by molar-refractivity contribution is 5.44. The van der Waals surface area contributed by atoms with E-state index in [4.69, 9.17) is 10.5 Å². The average Bonchev–Trinajstić information content (AvgIpc) is 2.44. The molecule has 20 heavy (non-hydrogen) atoms. The molecule has 2 heteroatoms. The molecule has 2 rings (SSSR count). The van der Waals surface area contributed by atoms with Gasteiger partial charge in [0.05, 0.1) is 0 Å². The summed E-state index contributed by atoms with van der Waals surface area (Å²) in [6, 6.07) is 4.70. The maximum atomic E-state index is 6.19. The molecule has 2 atom stereocenters. The van der Waals surface area contributed by atoms with Crippen LogP contribution in [-0.4, -0.2) is 12.1 Å². The lowest BCUT2D eigenvalue weighted by Gasteiger charge is -2.22. The van der Waals surface area contributed by atoms with Crippen LogP contribution in [0.25, 0.3) is 0 Å². The van der Waals surface area contributed by atoms with Gasteiger partial charge in [-0.05, 0) is 68.7 Å². The number of allylic oxidation sites excluding steroid dienone is 1. The average molecular weight is 273 g/mol. The topological polar surface area (TPSA) is 35.2 Å². The summed E-state index contributed by atoms with van der Waals surface area (Å²) >= 11 is 0. The molecule has 1 aromatic rings. The first-order chi connectivity index (χ1) is 9.60. The molecular weight excluding hydrogens is 246 g/mol. The van der Waals surface area contributed by atoms with Crippen molar-refractivity contribution in [3.8, 4) is 5.75 Å². The molecule has 0 fully saturated rings. The van der Waals surface area contributed by atoms with Gasteiger partial charge in [-0.1, -0.05) is 25.1 Å². The Labute approximate surface area is 123 Å². The van der Waals surface area contributed by atoms with Crippen molar-refractivity contribution >= 4 is 0 Å². The zero-order chi connectivity index (χ0) is 14.5. The van der Waals surface area contributed by atoms with Crippen LogP contribution in [0.4, 0.5) is 0 Å². The number of nitrogens with two attached hydrogens (primary N) is 1. The molecule has 110 valence electrons. The molecule has 0 bridgehead atoms. The summed E-state index contributed by atoms with van der Waals surface area (Å²) in [5, 5.41) is 0. The fourth-order valence-corrected chi connectivity index (χ4v) is 2.82. The van der Waals surface area contributed by atoms with E-state index in [2.05, 4.69) is 45.1 Å². The van der Waals surface area contributed by atoms with Crippen LogP contribution >= 0.6 is 0 Å². The van der Waals surface area contributed by atoms with Crippen LogP contribution in [0.2, 0.25) is 0 Å². The van der Waals surface area contributed by atoms with E-state index in [-0.39, 0.29) is 12.1 Å². The Kier molecular flexibility index (Phi) is 5.24. The third-order valence-electron chi connectivity index (χ3n) is 4.02. The van der Waals surface area contributed by atoms with Crippen molar-refractivity contribution in [3.05, 3.63) is 41.0 Å². The quantitative estimate of drug-likeness (QED) is 0.821. The number of hydrogen-bond acceptors (Lipinski definition) is 2. The minimum Gasteiger partial charge on any atom is -0.486 e. The van der Waals surface area contributed by atoms with Crippen LogP contribution < -0.4 is 10.5 Å². The molecule has 0 amide bonds. The van der Waals surface area contributed by atoms with E-state index in [0.29, 0.717) is 0 Å². The van der Waals surface area contributed by atoms with Gasteiger partial charge in [-0.2, -0.15) is 0 Å². The lowest BCUT2D eigenvalue weighted by Crippen LogP contribution is -2.21. The molecule has 0 spiro atoms. The van der Waals surface area contributed by atoms with Gasteiger partial charge in [0.2, 0.25) is 0 Å². The van der Waals surface area contributed by atoms with E-state index in [1.807, 2.05) is 0 Å². The smallest absolute Gasteiger partial charge is 0.126 e. The van der Waals surface area contributed by atoms with Gasteiger partial charge in [0.1, 0.15) is 11.9 Å². The largest absolute Gasteiger partial charge is 0.486 e. The molecule has 1 aliphatic carbocycles. The lowest BCUT2D eigenvalue weighted by atomic mass is 9.99. The summed E-state index contributed by atoms with van der Waals surface area (Å²) in [6.45, 7) is 6.41. The lowest BCUT2D eigenvalue weighted by molar-refractivity contribution is 0.227. The van der Waals surface area contributed by atoms with E-state index in [1.54, 1.807) is 0 Å². The van der Waals surface area contributed by atoms with Crippen LogP contribution in [0.15, 0.2) is 24.3 Å². The second-order valence-electron chi connectivity index (χ2n) is 5.95. The fraction of sp³-hybridized carbons (Fsp3) is 0.556. The Bertz CT molecular complexity index is 455. The van der Waals surface area contributed by atoms with Crippen molar-refractivity contribution in [3.63, 3.8) is 0 Å². The highest BCUT2D eigenvalue weighted by Gasteiger charge is 2.14. The zero-order valence-corrected chi connectivity index (χ0v) is 13.0. The van der Waals surface area contributed by atoms with Gasteiger partial charge < -0.3 is 10.5 Å². The molecule has 2 nitrogen and oxygen atoms in total. The summed E-state index contributed by atoms with van der Waals surface area (Å²) in [5.74, 6) is 1.05. The fourth-order valence-electron chi connectivity index (χ4n) is 2.82. The maximum Gasteiger partial charge on any atom is 0.126 e. The Hall–Kier alpha value is -1.28. The zero-order valence-electron chi connectivity index (χ0n) is 13.0. The van der Waals surface area contributed by atoms with Crippen molar-refractivity contribution in [1.82, 2.24) is 0 Å². The first kappa shape index (κ1) is 15.1. The Morgan fingerprint density at radius 3 is 2.55 bits per heavy atom. The minimum atomic E-state index is 0.241. The molecule has 2 N–H and O–H groups in total. The summed E-state index contributed by atoms with van der Waals surface area (Å²) in [4.78, 5) is 0. The molecule has 0 aromatic heterocycles. The Morgan fingerprint density at radius 1 is 1.30 bits per heavy atom. The predicted molar refractivity (Wildman–Crippen MR) is 85.3 cm³/mol. The minimum absolute atomic E-state index is 0.241. The van der Waals surface area contributed by atoms with E-state index < -0.39 is 0 Å². The van der Waals surface area contributed by atoms with Crippen LogP contribution in [0.1, 0.15) is 49.3 Å². The van der Waals surface area contributed by atoms with Gasteiger partial charge >= 0.3 is 0 Å². The van der Waals surface area contributed by atoms with Crippen molar-refractivity contribution in [2.75, 3.05) is 0 Å². The Morgan fingerprint density at radius 2 is 2.00 bits per heavy atom. The summed E-state index contributed by atoms with van der Waals surface area (Å²) in [6.07, 6.45) is 10.2. The van der Waals surface area contributed by atoms with Crippen molar-refractivity contribution < 1.29 is 4.74 Å². The number of aryl methyl sites for hydroxylation is 2. The van der Waals surface area contributed by atoms with Gasteiger partial charge in [0, 0.05) is 6.04 Å². The molecular formula is C18H27NO. The standard InChI is InChI=1S/C18H27NO/c1-4-16(19)12-15-10-13(2)18(14(3)11-15)20-17-8-6-5-7-9-17/h6,8,10-11,16-17H,4-5,7,9,12,19H2,1-3H3. The molecule has 0 saturated carbocycles. The summed E-state index contributed by atoms with van der Waals surface area (Å²) in [7, 11) is 0. The number of ether oxygens (including phenoxy) is 1. The van der Waals surface area contributed by atoms with Gasteiger partial charge in [0.15, 0.2) is 0 Å². The number of rotatable bonds is 5. The molecule has 1 aliphatic rings. The van der Waals surface area contributed by atoms with E-state index in [9.17, 15) is 0 Å². The second-order valence-corrected chi connectivity index (χ2v) is 5.95. The predicted octanol–water partition coefficient (Wildman–Crippen LogP) is 4.07. The first-order valence-corrected chi connectivity index (χ1v) is 7.79. The third kappa shape index (κ3) is 3.86. The second kappa shape index (κ2) is 6.94. The van der Waals surface area contributed by atoms with Gasteiger partial charge in [0.25, 0.3) is 0 Å². The number of benzene rings is 1. The van der Waals surface area contributed by atoms with Crippen molar-refractivity contribution in [2.24, 2.45) is 5.73 Å². The molecule has 2 unspecified atom stereocenters.